The van der Waals surface area contributed by atoms with Gasteiger partial charge in [0, 0.05) is 30.1 Å². The Morgan fingerprint density at radius 2 is 2.03 bits per heavy atom. The second kappa shape index (κ2) is 9.20. The summed E-state index contributed by atoms with van der Waals surface area (Å²) in [6.45, 7) is 0. The number of hydrogen-bond acceptors (Lipinski definition) is 6. The number of para-hydroxylation sites is 1. The van der Waals surface area contributed by atoms with E-state index in [0.29, 0.717) is 11.0 Å². The minimum Gasteiger partial charge on any atom is -0.462 e. The van der Waals surface area contributed by atoms with Crippen LogP contribution in [0, 0.1) is 0 Å². The summed E-state index contributed by atoms with van der Waals surface area (Å²) >= 11 is 1.28. The van der Waals surface area contributed by atoms with Crippen molar-refractivity contribution >= 4 is 17.7 Å². The number of ether oxygens (including phenoxy) is 1. The van der Waals surface area contributed by atoms with Crippen LogP contribution in [0.1, 0.15) is 12.8 Å². The summed E-state index contributed by atoms with van der Waals surface area (Å²) in [5, 5.41) is 10.5. The Hall–Kier alpha value is -3.39. The number of carbonyl (C=O) groups excluding carboxylic acids is 1. The summed E-state index contributed by atoms with van der Waals surface area (Å²) in [6.07, 6.45) is 8.66. The third-order valence-corrected chi connectivity index (χ3v) is 4.98. The van der Waals surface area contributed by atoms with E-state index < -0.39 is 0 Å². The molecule has 1 aromatic carbocycles. The van der Waals surface area contributed by atoms with Gasteiger partial charge in [-0.1, -0.05) is 30.0 Å². The van der Waals surface area contributed by atoms with Gasteiger partial charge in [-0.15, -0.1) is 5.10 Å². The Morgan fingerprint density at radius 1 is 1.14 bits per heavy atom. The third kappa shape index (κ3) is 5.32. The molecule has 0 fully saturated rings. The van der Waals surface area contributed by atoms with Crippen LogP contribution in [0.15, 0.2) is 83.6 Å². The van der Waals surface area contributed by atoms with E-state index >= 15 is 0 Å². The number of thioether (sulfide) groups is 1. The third-order valence-electron chi connectivity index (χ3n) is 4.14. The van der Waals surface area contributed by atoms with Crippen LogP contribution >= 0.6 is 11.8 Å². The van der Waals surface area contributed by atoms with Crippen LogP contribution in [0.5, 0.6) is 5.75 Å². The number of nitrogens with one attached hydrogen (secondary N) is 2. The molecule has 0 bridgehead atoms. The number of aromatic nitrogens is 4. The zero-order valence-electron chi connectivity index (χ0n) is 15.5. The first-order valence-corrected chi connectivity index (χ1v) is 10.1. The Balaban J connectivity index is 1.26. The molecule has 2 heterocycles. The molecule has 7 nitrogen and oxygen atoms in total. The van der Waals surface area contributed by atoms with Gasteiger partial charge in [-0.2, -0.15) is 0 Å². The van der Waals surface area contributed by atoms with Gasteiger partial charge >= 0.3 is 0 Å². The van der Waals surface area contributed by atoms with Crippen molar-refractivity contribution < 1.29 is 9.53 Å². The minimum atomic E-state index is -0.0881. The number of rotatable bonds is 7. The van der Waals surface area contributed by atoms with Crippen molar-refractivity contribution in [3.8, 4) is 17.1 Å². The Labute approximate surface area is 172 Å². The summed E-state index contributed by atoms with van der Waals surface area (Å²) in [6, 6.07) is 13.4. The van der Waals surface area contributed by atoms with Gasteiger partial charge in [0.2, 0.25) is 11.1 Å². The van der Waals surface area contributed by atoms with Crippen molar-refractivity contribution in [3.05, 3.63) is 78.5 Å². The van der Waals surface area contributed by atoms with Crippen molar-refractivity contribution in [2.45, 2.75) is 18.0 Å². The molecule has 1 aliphatic rings. The number of benzene rings is 1. The number of pyridine rings is 1. The van der Waals surface area contributed by atoms with Crippen LogP contribution < -0.4 is 10.1 Å². The number of allylic oxidation sites excluding steroid dienone is 4. The predicted octanol–water partition coefficient (Wildman–Crippen LogP) is 3.72. The number of hydrogen-bond donors (Lipinski definition) is 2. The SMILES string of the molecule is O=C(CSc1n[nH]c(-c2cccnc2)n1)NC1=CC=C(Oc2ccccc2)CC1. The topological polar surface area (TPSA) is 92.8 Å². The lowest BCUT2D eigenvalue weighted by Crippen LogP contribution is -2.25. The van der Waals surface area contributed by atoms with Gasteiger partial charge < -0.3 is 10.1 Å². The second-order valence-electron chi connectivity index (χ2n) is 6.29. The molecule has 146 valence electrons. The van der Waals surface area contributed by atoms with Gasteiger partial charge in [0.1, 0.15) is 11.5 Å². The molecular weight excluding hydrogens is 386 g/mol. The van der Waals surface area contributed by atoms with Gasteiger partial charge in [-0.25, -0.2) is 4.98 Å². The molecule has 0 radical (unpaired) electrons. The molecule has 0 atom stereocenters. The van der Waals surface area contributed by atoms with Crippen LogP contribution in [0.4, 0.5) is 0 Å². The zero-order valence-corrected chi connectivity index (χ0v) is 16.4. The zero-order chi connectivity index (χ0) is 19.9. The van der Waals surface area contributed by atoms with E-state index in [4.69, 9.17) is 4.74 Å². The van der Waals surface area contributed by atoms with E-state index in [-0.39, 0.29) is 11.7 Å². The molecule has 0 aliphatic heterocycles. The quantitative estimate of drug-likeness (QED) is 0.582. The molecule has 2 N–H and O–H groups in total. The van der Waals surface area contributed by atoms with E-state index in [1.165, 1.54) is 11.8 Å². The van der Waals surface area contributed by atoms with E-state index in [1.54, 1.807) is 12.4 Å². The van der Waals surface area contributed by atoms with Crippen LogP contribution in [0.2, 0.25) is 0 Å². The van der Waals surface area contributed by atoms with Crippen LogP contribution in [0.25, 0.3) is 11.4 Å². The molecule has 2 aromatic heterocycles. The first-order chi connectivity index (χ1) is 14.3. The average molecular weight is 405 g/mol. The molecule has 1 aliphatic carbocycles. The normalized spacial score (nSPS) is 13.4. The first-order valence-electron chi connectivity index (χ1n) is 9.14. The van der Waals surface area contributed by atoms with Crippen LogP contribution in [-0.4, -0.2) is 31.8 Å². The highest BCUT2D eigenvalue weighted by atomic mass is 32.2. The summed E-state index contributed by atoms with van der Waals surface area (Å²) in [5.74, 6) is 2.47. The number of nitrogens with zero attached hydrogens (tertiary/aromatic N) is 3. The van der Waals surface area contributed by atoms with E-state index in [2.05, 4.69) is 25.5 Å². The fourth-order valence-electron chi connectivity index (χ4n) is 2.74. The standard InChI is InChI=1S/C21H19N5O2S/c27-19(14-29-21-24-20(25-26-21)15-5-4-12-22-13-15)23-16-8-10-18(11-9-16)28-17-6-2-1-3-7-17/h1-8,10,12-13H,9,11,14H2,(H,23,27)(H,24,25,26). The summed E-state index contributed by atoms with van der Waals surface area (Å²) in [7, 11) is 0. The lowest BCUT2D eigenvalue weighted by Gasteiger charge is -2.16. The lowest BCUT2D eigenvalue weighted by molar-refractivity contribution is -0.117. The van der Waals surface area contributed by atoms with E-state index in [0.717, 1.165) is 35.6 Å². The van der Waals surface area contributed by atoms with Crippen LogP contribution in [-0.2, 0) is 4.79 Å². The largest absolute Gasteiger partial charge is 0.462 e. The lowest BCUT2D eigenvalue weighted by atomic mass is 10.1. The maximum atomic E-state index is 12.2. The molecule has 4 rings (SSSR count). The number of aromatic amines is 1. The highest BCUT2D eigenvalue weighted by molar-refractivity contribution is 7.99. The van der Waals surface area contributed by atoms with Gasteiger partial charge in [-0.05, 0) is 42.8 Å². The van der Waals surface area contributed by atoms with Gasteiger partial charge in [0.15, 0.2) is 5.82 Å². The van der Waals surface area contributed by atoms with Crippen molar-refractivity contribution in [1.82, 2.24) is 25.5 Å². The summed E-state index contributed by atoms with van der Waals surface area (Å²) in [4.78, 5) is 20.7. The van der Waals surface area contributed by atoms with Crippen molar-refractivity contribution in [2.24, 2.45) is 0 Å². The van der Waals surface area contributed by atoms with Crippen molar-refractivity contribution in [1.29, 1.82) is 0 Å². The number of H-pyrrole nitrogens is 1. The highest BCUT2D eigenvalue weighted by Gasteiger charge is 2.13. The second-order valence-corrected chi connectivity index (χ2v) is 7.23. The van der Waals surface area contributed by atoms with E-state index in [9.17, 15) is 4.79 Å². The fourth-order valence-corrected chi connectivity index (χ4v) is 3.33. The van der Waals surface area contributed by atoms with Crippen molar-refractivity contribution in [2.75, 3.05) is 5.75 Å². The Kier molecular flexibility index (Phi) is 6.01. The predicted molar refractivity (Wildman–Crippen MR) is 111 cm³/mol. The maximum absolute atomic E-state index is 12.2. The molecular formula is C21H19N5O2S. The van der Waals surface area contributed by atoms with Crippen LogP contribution in [0.3, 0.4) is 0 Å². The number of amides is 1. The molecule has 1 amide bonds. The molecule has 0 unspecified atom stereocenters. The van der Waals surface area contributed by atoms with Gasteiger partial charge in [0.25, 0.3) is 0 Å². The molecule has 29 heavy (non-hydrogen) atoms. The number of carbonyl (C=O) groups is 1. The van der Waals surface area contributed by atoms with E-state index in [1.807, 2.05) is 54.6 Å². The molecule has 0 saturated carbocycles. The van der Waals surface area contributed by atoms with Gasteiger partial charge in [0.05, 0.1) is 5.75 Å². The Bertz CT molecular complexity index is 1030. The highest BCUT2D eigenvalue weighted by Crippen LogP contribution is 2.22. The monoisotopic (exact) mass is 405 g/mol. The average Bonchev–Trinajstić information content (AvgIpc) is 3.24. The summed E-state index contributed by atoms with van der Waals surface area (Å²) < 4.78 is 5.83. The molecule has 0 saturated heterocycles. The fraction of sp³-hybridized carbons (Fsp3) is 0.143. The molecule has 3 aromatic rings. The maximum Gasteiger partial charge on any atom is 0.234 e. The smallest absolute Gasteiger partial charge is 0.234 e. The van der Waals surface area contributed by atoms with Gasteiger partial charge in [-0.3, -0.25) is 14.9 Å². The Morgan fingerprint density at radius 3 is 2.79 bits per heavy atom. The molecule has 0 spiro atoms. The van der Waals surface area contributed by atoms with Crippen molar-refractivity contribution in [3.63, 3.8) is 0 Å². The first kappa shape index (κ1) is 18.9. The molecule has 8 heteroatoms. The summed E-state index contributed by atoms with van der Waals surface area (Å²) in [5.41, 5.74) is 1.73. The minimum absolute atomic E-state index is 0.0881.